The number of oxime groups is 1. The number of hydrogen-bond acceptors (Lipinski definition) is 4. The summed E-state index contributed by atoms with van der Waals surface area (Å²) < 4.78 is 5.21. The summed E-state index contributed by atoms with van der Waals surface area (Å²) in [5, 5.41) is 6.96. The summed E-state index contributed by atoms with van der Waals surface area (Å²) in [5.74, 6) is 0.624. The second kappa shape index (κ2) is 7.64. The van der Waals surface area contributed by atoms with Crippen LogP contribution in [-0.2, 0) is 16.1 Å². The first-order chi connectivity index (χ1) is 11.8. The highest BCUT2D eigenvalue weighted by molar-refractivity contribution is 6.04. The van der Waals surface area contributed by atoms with Gasteiger partial charge in [-0.3, -0.25) is 4.79 Å². The van der Waals surface area contributed by atoms with Gasteiger partial charge in [0.2, 0.25) is 6.10 Å². The maximum atomic E-state index is 12.2. The van der Waals surface area contributed by atoms with Crippen LogP contribution in [-0.4, -0.2) is 31.4 Å². The second-order valence-corrected chi connectivity index (χ2v) is 5.59. The molecule has 0 saturated carbocycles. The first kappa shape index (κ1) is 16.1. The molecule has 1 N–H and O–H groups in total. The number of methoxy groups -OCH3 is 1. The van der Waals surface area contributed by atoms with Crippen LogP contribution in [0.25, 0.3) is 0 Å². The first-order valence-electron chi connectivity index (χ1n) is 7.95. The fourth-order valence-electron chi connectivity index (χ4n) is 2.58. The number of hydrogen-bond donors (Lipinski definition) is 1. The summed E-state index contributed by atoms with van der Waals surface area (Å²) in [4.78, 5) is 17.5. The quantitative estimate of drug-likeness (QED) is 0.888. The third-order valence-corrected chi connectivity index (χ3v) is 3.92. The van der Waals surface area contributed by atoms with E-state index >= 15 is 0 Å². The van der Waals surface area contributed by atoms with Gasteiger partial charge in [-0.15, -0.1) is 0 Å². The Kier molecular flexibility index (Phi) is 5.11. The molecule has 0 bridgehead atoms. The molecule has 24 heavy (non-hydrogen) atoms. The lowest BCUT2D eigenvalue weighted by molar-refractivity contribution is -0.131. The number of carbonyl (C=O) groups excluding carboxylic acids is 1. The lowest BCUT2D eigenvalue weighted by Gasteiger charge is -2.09. The molecule has 0 aliphatic carbocycles. The predicted octanol–water partition coefficient (Wildman–Crippen LogP) is 2.55. The number of amides is 1. The molecule has 1 aliphatic heterocycles. The first-order valence-corrected chi connectivity index (χ1v) is 7.95. The molecule has 5 heteroatoms. The van der Waals surface area contributed by atoms with Gasteiger partial charge in [0.15, 0.2) is 0 Å². The van der Waals surface area contributed by atoms with Gasteiger partial charge < -0.3 is 14.9 Å². The van der Waals surface area contributed by atoms with E-state index in [-0.39, 0.29) is 5.91 Å². The maximum absolute atomic E-state index is 12.2. The number of rotatable bonds is 6. The molecule has 0 fully saturated rings. The second-order valence-electron chi connectivity index (χ2n) is 5.59. The van der Waals surface area contributed by atoms with E-state index in [0.717, 1.165) is 23.4 Å². The van der Waals surface area contributed by atoms with Gasteiger partial charge in [-0.05, 0) is 24.1 Å². The van der Waals surface area contributed by atoms with Crippen LogP contribution in [0.2, 0.25) is 0 Å². The lowest BCUT2D eigenvalue weighted by Crippen LogP contribution is -2.36. The summed E-state index contributed by atoms with van der Waals surface area (Å²) in [6.07, 6.45) is 0.690. The highest BCUT2D eigenvalue weighted by atomic mass is 16.6. The number of nitrogens with one attached hydrogen (secondary N) is 1. The summed E-state index contributed by atoms with van der Waals surface area (Å²) >= 11 is 0. The molecule has 0 saturated heterocycles. The van der Waals surface area contributed by atoms with Crippen LogP contribution in [0.1, 0.15) is 17.5 Å². The van der Waals surface area contributed by atoms with Crippen molar-refractivity contribution in [2.45, 2.75) is 18.9 Å². The van der Waals surface area contributed by atoms with E-state index < -0.39 is 6.10 Å². The summed E-state index contributed by atoms with van der Waals surface area (Å²) in [7, 11) is 1.62. The molecule has 2 aromatic rings. The fourth-order valence-corrected chi connectivity index (χ4v) is 2.58. The molecular weight excluding hydrogens is 304 g/mol. The van der Waals surface area contributed by atoms with Crippen molar-refractivity contribution in [3.63, 3.8) is 0 Å². The van der Waals surface area contributed by atoms with Gasteiger partial charge in [0.1, 0.15) is 5.75 Å². The van der Waals surface area contributed by atoms with Crippen LogP contribution in [0, 0.1) is 0 Å². The molecule has 1 amide bonds. The van der Waals surface area contributed by atoms with Crippen molar-refractivity contribution in [3.8, 4) is 5.75 Å². The molecule has 1 heterocycles. The van der Waals surface area contributed by atoms with E-state index in [2.05, 4.69) is 10.5 Å². The van der Waals surface area contributed by atoms with Crippen molar-refractivity contribution in [1.29, 1.82) is 0 Å². The van der Waals surface area contributed by atoms with E-state index in [1.165, 1.54) is 5.56 Å². The van der Waals surface area contributed by atoms with Gasteiger partial charge in [-0.25, -0.2) is 0 Å². The van der Waals surface area contributed by atoms with Crippen molar-refractivity contribution in [1.82, 2.24) is 5.32 Å². The normalized spacial score (nSPS) is 16.2. The monoisotopic (exact) mass is 324 g/mol. The number of carbonyl (C=O) groups is 1. The molecule has 0 radical (unpaired) electrons. The Morgan fingerprint density at radius 1 is 1.25 bits per heavy atom. The Morgan fingerprint density at radius 3 is 2.88 bits per heavy atom. The summed E-state index contributed by atoms with van der Waals surface area (Å²) in [5.41, 5.74) is 2.87. The van der Waals surface area contributed by atoms with Crippen LogP contribution in [0.4, 0.5) is 0 Å². The number of nitrogens with zero attached hydrogens (tertiary/aromatic N) is 1. The lowest BCUT2D eigenvalue weighted by atomic mass is 10.0. The van der Waals surface area contributed by atoms with E-state index in [9.17, 15) is 4.79 Å². The average molecular weight is 324 g/mol. The van der Waals surface area contributed by atoms with Crippen molar-refractivity contribution in [2.75, 3.05) is 13.7 Å². The Balaban J connectivity index is 1.50. The highest BCUT2D eigenvalue weighted by Crippen LogP contribution is 2.20. The topological polar surface area (TPSA) is 59.9 Å². The predicted molar refractivity (Wildman–Crippen MR) is 92.2 cm³/mol. The van der Waals surface area contributed by atoms with E-state index in [1.54, 1.807) is 7.11 Å². The molecule has 2 aromatic carbocycles. The van der Waals surface area contributed by atoms with Crippen LogP contribution in [0.5, 0.6) is 5.75 Å². The molecular formula is C19H20N2O3. The standard InChI is InChI=1S/C19H20N2O3/c1-23-16-9-5-8-15(12-16)17-13-18(24-21-17)19(22)20-11-10-14-6-3-2-4-7-14/h2-9,12,18H,10-11,13H2,1H3,(H,20,22)/t18-/m0/s1. The van der Waals surface area contributed by atoms with Gasteiger partial charge in [0.05, 0.1) is 12.8 Å². The molecule has 0 spiro atoms. The van der Waals surface area contributed by atoms with E-state index in [1.807, 2.05) is 54.6 Å². The maximum Gasteiger partial charge on any atom is 0.264 e. The van der Waals surface area contributed by atoms with Crippen molar-refractivity contribution < 1.29 is 14.4 Å². The number of ether oxygens (including phenoxy) is 1. The zero-order chi connectivity index (χ0) is 16.8. The molecule has 124 valence electrons. The van der Waals surface area contributed by atoms with Gasteiger partial charge in [-0.1, -0.05) is 47.6 Å². The van der Waals surface area contributed by atoms with Gasteiger partial charge in [-0.2, -0.15) is 0 Å². The van der Waals surface area contributed by atoms with E-state index in [4.69, 9.17) is 9.57 Å². The van der Waals surface area contributed by atoms with Crippen molar-refractivity contribution >= 4 is 11.6 Å². The molecule has 1 aliphatic rings. The number of benzene rings is 2. The third-order valence-electron chi connectivity index (χ3n) is 3.92. The van der Waals surface area contributed by atoms with Crippen molar-refractivity contribution in [3.05, 3.63) is 65.7 Å². The highest BCUT2D eigenvalue weighted by Gasteiger charge is 2.28. The zero-order valence-electron chi connectivity index (χ0n) is 13.6. The minimum Gasteiger partial charge on any atom is -0.497 e. The Morgan fingerprint density at radius 2 is 2.08 bits per heavy atom. The zero-order valence-corrected chi connectivity index (χ0v) is 13.6. The average Bonchev–Trinajstić information content (AvgIpc) is 3.13. The molecule has 0 aromatic heterocycles. The minimum atomic E-state index is -0.568. The smallest absolute Gasteiger partial charge is 0.264 e. The Labute approximate surface area is 141 Å². The van der Waals surface area contributed by atoms with Gasteiger partial charge in [0, 0.05) is 18.5 Å². The van der Waals surface area contributed by atoms with Crippen LogP contribution in [0.3, 0.4) is 0 Å². The van der Waals surface area contributed by atoms with E-state index in [0.29, 0.717) is 13.0 Å². The Hall–Kier alpha value is -2.82. The third kappa shape index (κ3) is 3.93. The fraction of sp³-hybridized carbons (Fsp3) is 0.263. The van der Waals surface area contributed by atoms with Crippen molar-refractivity contribution in [2.24, 2.45) is 5.16 Å². The molecule has 5 nitrogen and oxygen atoms in total. The Bertz CT molecular complexity index is 728. The van der Waals surface area contributed by atoms with Gasteiger partial charge >= 0.3 is 0 Å². The SMILES string of the molecule is COc1cccc(C2=NO[C@H](C(=O)NCCc3ccccc3)C2)c1. The van der Waals surface area contributed by atoms with Gasteiger partial charge in [0.25, 0.3) is 5.91 Å². The van der Waals surface area contributed by atoms with Crippen LogP contribution >= 0.6 is 0 Å². The van der Waals surface area contributed by atoms with Crippen LogP contribution < -0.4 is 10.1 Å². The summed E-state index contributed by atoms with van der Waals surface area (Å²) in [6.45, 7) is 0.581. The molecule has 3 rings (SSSR count). The largest absolute Gasteiger partial charge is 0.497 e. The van der Waals surface area contributed by atoms with Crippen LogP contribution in [0.15, 0.2) is 59.8 Å². The minimum absolute atomic E-state index is 0.132. The molecule has 0 unspecified atom stereocenters. The molecule has 1 atom stereocenters. The summed E-state index contributed by atoms with van der Waals surface area (Å²) in [6, 6.07) is 17.6.